The number of aromatic hydroxyl groups is 1. The molecule has 0 spiro atoms. The zero-order valence-corrected chi connectivity index (χ0v) is 12.0. The normalized spacial score (nSPS) is 11.3. The molecule has 0 heterocycles. The Morgan fingerprint density at radius 3 is 2.38 bits per heavy atom. The van der Waals surface area contributed by atoms with Crippen molar-refractivity contribution in [1.82, 2.24) is 0 Å². The minimum Gasteiger partial charge on any atom is -0.507 e. The maximum absolute atomic E-state index is 9.89. The standard InChI is InChI=1S/C19H17NO/c1-2-14-9-11-15(12-10-14)13-20-18-7-3-6-17-16(18)5-4-8-19(17)21/h3-13,21H,2H2,1H3. The van der Waals surface area contributed by atoms with Crippen LogP contribution in [0.3, 0.4) is 0 Å². The van der Waals surface area contributed by atoms with Gasteiger partial charge >= 0.3 is 0 Å². The van der Waals surface area contributed by atoms with E-state index in [1.807, 2.05) is 36.5 Å². The number of phenols is 1. The number of benzene rings is 3. The van der Waals surface area contributed by atoms with E-state index in [4.69, 9.17) is 0 Å². The zero-order valence-electron chi connectivity index (χ0n) is 12.0. The number of aliphatic imine (C=N–C) groups is 1. The van der Waals surface area contributed by atoms with Crippen LogP contribution in [0, 0.1) is 0 Å². The predicted molar refractivity (Wildman–Crippen MR) is 88.7 cm³/mol. The first-order valence-electron chi connectivity index (χ1n) is 7.11. The summed E-state index contributed by atoms with van der Waals surface area (Å²) in [5, 5.41) is 11.7. The lowest BCUT2D eigenvalue weighted by Crippen LogP contribution is -1.83. The maximum atomic E-state index is 9.89. The number of rotatable bonds is 3. The molecule has 0 fully saturated rings. The van der Waals surface area contributed by atoms with Crippen molar-refractivity contribution in [2.45, 2.75) is 13.3 Å². The highest BCUT2D eigenvalue weighted by Crippen LogP contribution is 2.31. The highest BCUT2D eigenvalue weighted by molar-refractivity contribution is 5.98. The van der Waals surface area contributed by atoms with E-state index in [1.165, 1.54) is 5.56 Å². The Kier molecular flexibility index (Phi) is 3.69. The SMILES string of the molecule is CCc1ccc(C=Nc2cccc3c(O)cccc23)cc1. The lowest BCUT2D eigenvalue weighted by Gasteiger charge is -2.03. The van der Waals surface area contributed by atoms with Gasteiger partial charge in [-0.05, 0) is 29.7 Å². The van der Waals surface area contributed by atoms with Gasteiger partial charge in [0.1, 0.15) is 5.75 Å². The number of aryl methyl sites for hydroxylation is 1. The predicted octanol–water partition coefficient (Wildman–Crippen LogP) is 4.86. The smallest absolute Gasteiger partial charge is 0.123 e. The van der Waals surface area contributed by atoms with Crippen LogP contribution >= 0.6 is 0 Å². The summed E-state index contributed by atoms with van der Waals surface area (Å²) >= 11 is 0. The van der Waals surface area contributed by atoms with Gasteiger partial charge in [0.05, 0.1) is 5.69 Å². The van der Waals surface area contributed by atoms with Gasteiger partial charge in [-0.3, -0.25) is 4.99 Å². The van der Waals surface area contributed by atoms with Crippen molar-refractivity contribution in [3.63, 3.8) is 0 Å². The van der Waals surface area contributed by atoms with Crippen molar-refractivity contribution in [3.05, 3.63) is 71.8 Å². The molecule has 0 aliphatic heterocycles. The van der Waals surface area contributed by atoms with Crippen LogP contribution < -0.4 is 0 Å². The van der Waals surface area contributed by atoms with Crippen molar-refractivity contribution < 1.29 is 5.11 Å². The number of hydrogen-bond acceptors (Lipinski definition) is 2. The molecule has 0 unspecified atom stereocenters. The first-order valence-corrected chi connectivity index (χ1v) is 7.11. The Bertz CT molecular complexity index is 788. The van der Waals surface area contributed by atoms with Gasteiger partial charge < -0.3 is 5.11 Å². The zero-order chi connectivity index (χ0) is 14.7. The molecule has 0 bridgehead atoms. The molecule has 3 rings (SSSR count). The molecule has 2 nitrogen and oxygen atoms in total. The fourth-order valence-corrected chi connectivity index (χ4v) is 2.37. The first-order chi connectivity index (χ1) is 10.3. The Morgan fingerprint density at radius 2 is 1.62 bits per heavy atom. The van der Waals surface area contributed by atoms with Crippen LogP contribution in [0.15, 0.2) is 65.7 Å². The molecular weight excluding hydrogens is 258 g/mol. The molecule has 0 aliphatic rings. The van der Waals surface area contributed by atoms with Gasteiger partial charge in [0, 0.05) is 17.0 Å². The van der Waals surface area contributed by atoms with Gasteiger partial charge in [0.15, 0.2) is 0 Å². The summed E-state index contributed by atoms with van der Waals surface area (Å²) in [6.45, 7) is 2.14. The lowest BCUT2D eigenvalue weighted by atomic mass is 10.1. The van der Waals surface area contributed by atoms with Gasteiger partial charge in [-0.2, -0.15) is 0 Å². The van der Waals surface area contributed by atoms with E-state index >= 15 is 0 Å². The lowest BCUT2D eigenvalue weighted by molar-refractivity contribution is 0.481. The van der Waals surface area contributed by atoms with Crippen LogP contribution in [0.25, 0.3) is 10.8 Å². The van der Waals surface area contributed by atoms with Crippen LogP contribution in [-0.4, -0.2) is 11.3 Å². The van der Waals surface area contributed by atoms with Crippen LogP contribution in [0.1, 0.15) is 18.1 Å². The molecular formula is C19H17NO. The third kappa shape index (κ3) is 2.79. The van der Waals surface area contributed by atoms with E-state index in [-0.39, 0.29) is 5.75 Å². The van der Waals surface area contributed by atoms with E-state index in [0.717, 1.165) is 28.4 Å². The monoisotopic (exact) mass is 275 g/mol. The van der Waals surface area contributed by atoms with Crippen molar-refractivity contribution in [2.24, 2.45) is 4.99 Å². The molecule has 0 aliphatic carbocycles. The van der Waals surface area contributed by atoms with E-state index in [0.29, 0.717) is 0 Å². The number of phenolic OH excluding ortho intramolecular Hbond substituents is 1. The maximum Gasteiger partial charge on any atom is 0.123 e. The van der Waals surface area contributed by atoms with Crippen LogP contribution in [-0.2, 0) is 6.42 Å². The van der Waals surface area contributed by atoms with Gasteiger partial charge in [0.2, 0.25) is 0 Å². The molecule has 0 amide bonds. The molecule has 104 valence electrons. The van der Waals surface area contributed by atoms with Crippen LogP contribution in [0.5, 0.6) is 5.75 Å². The van der Waals surface area contributed by atoms with Crippen LogP contribution in [0.4, 0.5) is 5.69 Å². The fourth-order valence-electron chi connectivity index (χ4n) is 2.37. The first kappa shape index (κ1) is 13.4. The highest BCUT2D eigenvalue weighted by atomic mass is 16.3. The highest BCUT2D eigenvalue weighted by Gasteiger charge is 2.02. The summed E-state index contributed by atoms with van der Waals surface area (Å²) in [6, 6.07) is 19.7. The number of fused-ring (bicyclic) bond motifs is 1. The summed E-state index contributed by atoms with van der Waals surface area (Å²) in [5.74, 6) is 0.289. The summed E-state index contributed by atoms with van der Waals surface area (Å²) in [5.41, 5.74) is 3.26. The van der Waals surface area contributed by atoms with Gasteiger partial charge in [0.25, 0.3) is 0 Å². The Balaban J connectivity index is 1.97. The molecule has 2 heteroatoms. The molecule has 21 heavy (non-hydrogen) atoms. The molecule has 3 aromatic rings. The summed E-state index contributed by atoms with van der Waals surface area (Å²) in [4.78, 5) is 4.57. The molecule has 1 N–H and O–H groups in total. The molecule has 0 radical (unpaired) electrons. The second-order valence-corrected chi connectivity index (χ2v) is 5.00. The Morgan fingerprint density at radius 1 is 0.905 bits per heavy atom. The van der Waals surface area contributed by atoms with E-state index in [1.54, 1.807) is 6.07 Å². The largest absolute Gasteiger partial charge is 0.507 e. The van der Waals surface area contributed by atoms with Crippen molar-refractivity contribution in [2.75, 3.05) is 0 Å². The average molecular weight is 275 g/mol. The quantitative estimate of drug-likeness (QED) is 0.680. The second-order valence-electron chi connectivity index (χ2n) is 5.00. The van der Waals surface area contributed by atoms with E-state index in [9.17, 15) is 5.11 Å². The summed E-state index contributed by atoms with van der Waals surface area (Å²) in [6.07, 6.45) is 2.90. The second kappa shape index (κ2) is 5.80. The minimum absolute atomic E-state index is 0.289. The van der Waals surface area contributed by atoms with Crippen molar-refractivity contribution in [1.29, 1.82) is 0 Å². The van der Waals surface area contributed by atoms with Crippen LogP contribution in [0.2, 0.25) is 0 Å². The molecule has 0 aromatic heterocycles. The molecule has 0 saturated carbocycles. The van der Waals surface area contributed by atoms with Crippen molar-refractivity contribution >= 4 is 22.7 Å². The van der Waals surface area contributed by atoms with E-state index in [2.05, 4.69) is 36.2 Å². The Hall–Kier alpha value is -2.61. The van der Waals surface area contributed by atoms with Crippen molar-refractivity contribution in [3.8, 4) is 5.75 Å². The number of hydrogen-bond donors (Lipinski definition) is 1. The molecule has 0 atom stereocenters. The third-order valence-corrected chi connectivity index (χ3v) is 3.62. The summed E-state index contributed by atoms with van der Waals surface area (Å²) < 4.78 is 0. The molecule has 0 saturated heterocycles. The Labute approximate surface area is 124 Å². The average Bonchev–Trinajstić information content (AvgIpc) is 2.54. The third-order valence-electron chi connectivity index (χ3n) is 3.62. The van der Waals surface area contributed by atoms with E-state index < -0.39 is 0 Å². The van der Waals surface area contributed by atoms with Gasteiger partial charge in [-0.25, -0.2) is 0 Å². The minimum atomic E-state index is 0.289. The topological polar surface area (TPSA) is 32.6 Å². The van der Waals surface area contributed by atoms with Gasteiger partial charge in [-0.1, -0.05) is 55.5 Å². The number of nitrogens with zero attached hydrogens (tertiary/aromatic N) is 1. The summed E-state index contributed by atoms with van der Waals surface area (Å²) in [7, 11) is 0. The van der Waals surface area contributed by atoms with Gasteiger partial charge in [-0.15, -0.1) is 0 Å². The fraction of sp³-hybridized carbons (Fsp3) is 0.105. The molecule has 3 aromatic carbocycles.